The van der Waals surface area contributed by atoms with E-state index in [0.717, 1.165) is 65.3 Å². The lowest BCUT2D eigenvalue weighted by Gasteiger charge is -2.32. The summed E-state index contributed by atoms with van der Waals surface area (Å²) >= 11 is 12.9. The molecule has 0 amide bonds. The zero-order valence-electron chi connectivity index (χ0n) is 18.3. The standard InChI is InChI=1S/C25H31Cl2NO3/c1-17(2)31-21-3-4-22(26)20(14-21)13-18-5-8-28(9-6-18)10-7-19-15-24-25(16-23(19)27)30-12-11-29-24/h3-4,14-18H,5-13H2,1-2H3. The first-order valence-corrected chi connectivity index (χ1v) is 12.0. The van der Waals surface area contributed by atoms with E-state index in [4.69, 9.17) is 37.4 Å². The first kappa shape index (κ1) is 22.6. The first-order valence-electron chi connectivity index (χ1n) is 11.2. The van der Waals surface area contributed by atoms with Crippen LogP contribution in [0.15, 0.2) is 30.3 Å². The highest BCUT2D eigenvalue weighted by Crippen LogP contribution is 2.36. The number of nitrogens with zero attached hydrogens (tertiary/aromatic N) is 1. The maximum Gasteiger partial charge on any atom is 0.162 e. The Labute approximate surface area is 195 Å². The highest BCUT2D eigenvalue weighted by Gasteiger charge is 2.21. The second kappa shape index (κ2) is 10.3. The first-order chi connectivity index (χ1) is 15.0. The highest BCUT2D eigenvalue weighted by molar-refractivity contribution is 6.31. The van der Waals surface area contributed by atoms with E-state index in [-0.39, 0.29) is 6.10 Å². The summed E-state index contributed by atoms with van der Waals surface area (Å²) in [6.45, 7) is 8.48. The molecular weight excluding hydrogens is 433 g/mol. The minimum atomic E-state index is 0.167. The minimum Gasteiger partial charge on any atom is -0.491 e. The second-order valence-corrected chi connectivity index (χ2v) is 9.56. The lowest BCUT2D eigenvalue weighted by molar-refractivity contribution is 0.171. The zero-order valence-corrected chi connectivity index (χ0v) is 19.8. The Kier molecular flexibility index (Phi) is 7.52. The van der Waals surface area contributed by atoms with E-state index in [2.05, 4.69) is 11.0 Å². The van der Waals surface area contributed by atoms with Gasteiger partial charge < -0.3 is 19.1 Å². The van der Waals surface area contributed by atoms with E-state index < -0.39 is 0 Å². The van der Waals surface area contributed by atoms with Gasteiger partial charge in [-0.1, -0.05) is 23.2 Å². The summed E-state index contributed by atoms with van der Waals surface area (Å²) in [5, 5.41) is 1.60. The number of benzene rings is 2. The lowest BCUT2D eigenvalue weighted by atomic mass is 9.90. The van der Waals surface area contributed by atoms with E-state index in [1.54, 1.807) is 0 Å². The van der Waals surface area contributed by atoms with E-state index in [1.165, 1.54) is 18.4 Å². The molecule has 2 aromatic carbocycles. The van der Waals surface area contributed by atoms with E-state index in [9.17, 15) is 0 Å². The van der Waals surface area contributed by atoms with Gasteiger partial charge in [0.05, 0.1) is 6.10 Å². The Morgan fingerprint density at radius 2 is 1.68 bits per heavy atom. The van der Waals surface area contributed by atoms with Crippen molar-refractivity contribution in [1.29, 1.82) is 0 Å². The third kappa shape index (κ3) is 6.00. The van der Waals surface area contributed by atoms with E-state index >= 15 is 0 Å². The Balaban J connectivity index is 1.28. The van der Waals surface area contributed by atoms with Crippen LogP contribution in [0.1, 0.15) is 37.8 Å². The molecule has 2 aliphatic rings. The SMILES string of the molecule is CC(C)Oc1ccc(Cl)c(CC2CCN(CCc3cc4c(cc3Cl)OCCO4)CC2)c1. The van der Waals surface area contributed by atoms with Gasteiger partial charge in [0, 0.05) is 22.7 Å². The smallest absolute Gasteiger partial charge is 0.162 e. The van der Waals surface area contributed by atoms with Crippen LogP contribution in [0, 0.1) is 5.92 Å². The molecule has 0 saturated carbocycles. The fourth-order valence-corrected chi connectivity index (χ4v) is 4.80. The summed E-state index contributed by atoms with van der Waals surface area (Å²) in [7, 11) is 0. The topological polar surface area (TPSA) is 30.9 Å². The quantitative estimate of drug-likeness (QED) is 0.499. The molecule has 0 aliphatic carbocycles. The number of ether oxygens (including phenoxy) is 3. The fourth-order valence-electron chi connectivity index (χ4n) is 4.35. The van der Waals surface area contributed by atoms with Gasteiger partial charge in [-0.15, -0.1) is 0 Å². The Morgan fingerprint density at radius 3 is 2.39 bits per heavy atom. The van der Waals surface area contributed by atoms with Crippen LogP contribution in [0.3, 0.4) is 0 Å². The van der Waals surface area contributed by atoms with Gasteiger partial charge in [-0.25, -0.2) is 0 Å². The summed E-state index contributed by atoms with van der Waals surface area (Å²) in [5.41, 5.74) is 2.32. The van der Waals surface area contributed by atoms with Gasteiger partial charge in [0.1, 0.15) is 19.0 Å². The Morgan fingerprint density at radius 1 is 0.968 bits per heavy atom. The largest absolute Gasteiger partial charge is 0.491 e. The highest BCUT2D eigenvalue weighted by atomic mass is 35.5. The van der Waals surface area contributed by atoms with Gasteiger partial charge in [0.25, 0.3) is 0 Å². The number of hydrogen-bond acceptors (Lipinski definition) is 4. The average molecular weight is 464 g/mol. The number of halogens is 2. The molecule has 168 valence electrons. The van der Waals surface area contributed by atoms with Gasteiger partial charge in [-0.2, -0.15) is 0 Å². The van der Waals surface area contributed by atoms with Crippen molar-refractivity contribution in [2.75, 3.05) is 32.8 Å². The summed E-state index contributed by atoms with van der Waals surface area (Å²) < 4.78 is 17.2. The van der Waals surface area contributed by atoms with Crippen molar-refractivity contribution in [3.05, 3.63) is 51.5 Å². The third-order valence-electron chi connectivity index (χ3n) is 6.01. The molecule has 6 heteroatoms. The van der Waals surface area contributed by atoms with E-state index in [0.29, 0.717) is 19.1 Å². The zero-order chi connectivity index (χ0) is 21.8. The third-order valence-corrected chi connectivity index (χ3v) is 6.73. The molecule has 0 spiro atoms. The van der Waals surface area contributed by atoms with Crippen molar-refractivity contribution in [2.45, 2.75) is 45.6 Å². The number of fused-ring (bicyclic) bond motifs is 1. The predicted molar refractivity (Wildman–Crippen MR) is 126 cm³/mol. The molecule has 1 saturated heterocycles. The summed E-state index contributed by atoms with van der Waals surface area (Å²) in [4.78, 5) is 2.53. The molecule has 31 heavy (non-hydrogen) atoms. The van der Waals surface area contributed by atoms with Crippen LogP contribution >= 0.6 is 23.2 Å². The van der Waals surface area contributed by atoms with Gasteiger partial charge in [-0.05, 0) is 93.9 Å². The van der Waals surface area contributed by atoms with Crippen LogP contribution in [-0.2, 0) is 12.8 Å². The van der Waals surface area contributed by atoms with Crippen molar-refractivity contribution >= 4 is 23.2 Å². The van der Waals surface area contributed by atoms with Gasteiger partial charge in [0.15, 0.2) is 11.5 Å². The summed E-state index contributed by atoms with van der Waals surface area (Å²) in [6, 6.07) is 9.95. The average Bonchev–Trinajstić information content (AvgIpc) is 2.75. The molecule has 1 fully saturated rings. The van der Waals surface area contributed by atoms with Crippen LogP contribution < -0.4 is 14.2 Å². The van der Waals surface area contributed by atoms with Crippen molar-refractivity contribution < 1.29 is 14.2 Å². The van der Waals surface area contributed by atoms with Crippen LogP contribution in [-0.4, -0.2) is 43.9 Å². The Hall–Kier alpha value is -1.62. The molecule has 2 heterocycles. The fraction of sp³-hybridized carbons (Fsp3) is 0.520. The van der Waals surface area contributed by atoms with Crippen LogP contribution in [0.5, 0.6) is 17.2 Å². The normalized spacial score (nSPS) is 17.2. The molecule has 0 unspecified atom stereocenters. The molecule has 0 bridgehead atoms. The summed E-state index contributed by atoms with van der Waals surface area (Å²) in [5.74, 6) is 3.12. The predicted octanol–water partition coefficient (Wildman–Crippen LogP) is 6.05. The van der Waals surface area contributed by atoms with Crippen LogP contribution in [0.25, 0.3) is 0 Å². The summed E-state index contributed by atoms with van der Waals surface area (Å²) in [6.07, 6.45) is 4.46. The molecular formula is C25H31Cl2NO3. The number of likely N-dealkylation sites (tertiary alicyclic amines) is 1. The number of hydrogen-bond donors (Lipinski definition) is 0. The van der Waals surface area contributed by atoms with Gasteiger partial charge >= 0.3 is 0 Å². The van der Waals surface area contributed by atoms with Crippen molar-refractivity contribution in [3.63, 3.8) is 0 Å². The van der Waals surface area contributed by atoms with Crippen molar-refractivity contribution in [3.8, 4) is 17.2 Å². The molecule has 2 aromatic rings. The molecule has 0 radical (unpaired) electrons. The molecule has 0 atom stereocenters. The lowest BCUT2D eigenvalue weighted by Crippen LogP contribution is -2.35. The van der Waals surface area contributed by atoms with Crippen LogP contribution in [0.4, 0.5) is 0 Å². The molecule has 2 aliphatic heterocycles. The van der Waals surface area contributed by atoms with Gasteiger partial charge in [0.2, 0.25) is 0 Å². The van der Waals surface area contributed by atoms with Gasteiger partial charge in [-0.3, -0.25) is 0 Å². The minimum absolute atomic E-state index is 0.167. The Bertz CT molecular complexity index is 895. The number of piperidine rings is 1. The van der Waals surface area contributed by atoms with Crippen LogP contribution in [0.2, 0.25) is 10.0 Å². The van der Waals surface area contributed by atoms with E-state index in [1.807, 2.05) is 38.1 Å². The number of rotatable bonds is 7. The van der Waals surface area contributed by atoms with Crippen molar-refractivity contribution in [2.24, 2.45) is 5.92 Å². The maximum atomic E-state index is 6.47. The molecule has 0 aromatic heterocycles. The molecule has 4 nitrogen and oxygen atoms in total. The van der Waals surface area contributed by atoms with Crippen molar-refractivity contribution in [1.82, 2.24) is 4.90 Å². The molecule has 4 rings (SSSR count). The second-order valence-electron chi connectivity index (χ2n) is 8.75. The maximum absolute atomic E-state index is 6.47. The monoisotopic (exact) mass is 463 g/mol. The molecule has 0 N–H and O–H groups in total.